The molecule has 146 valence electrons. The van der Waals surface area contributed by atoms with Crippen molar-refractivity contribution in [1.29, 1.82) is 0 Å². The monoisotopic (exact) mass is 372 g/mol. The maximum absolute atomic E-state index is 10.2. The van der Waals surface area contributed by atoms with Gasteiger partial charge < -0.3 is 5.11 Å². The summed E-state index contributed by atoms with van der Waals surface area (Å²) in [5, 5.41) is 11.5. The molecule has 0 aliphatic carbocycles. The van der Waals surface area contributed by atoms with Crippen molar-refractivity contribution >= 4 is 13.3 Å². The third kappa shape index (κ3) is 10.8. The summed E-state index contributed by atoms with van der Waals surface area (Å²) in [6.45, 7) is 6.78. The van der Waals surface area contributed by atoms with Crippen molar-refractivity contribution in [3.8, 4) is 11.5 Å². The highest BCUT2D eigenvalue weighted by atomic mass is 28.3. The van der Waals surface area contributed by atoms with Gasteiger partial charge in [-0.05, 0) is 18.0 Å². The Morgan fingerprint density at radius 1 is 0.808 bits per heavy atom. The summed E-state index contributed by atoms with van der Waals surface area (Å²) in [7, 11) is -1.75. The Kier molecular flexibility index (Phi) is 12.4. The first-order chi connectivity index (χ1) is 12.6. The van der Waals surface area contributed by atoms with Gasteiger partial charge in [-0.1, -0.05) is 120 Å². The van der Waals surface area contributed by atoms with Crippen molar-refractivity contribution in [3.05, 3.63) is 30.3 Å². The summed E-state index contributed by atoms with van der Waals surface area (Å²) in [5.41, 5.74) is 3.40. The Morgan fingerprint density at radius 3 is 1.85 bits per heavy atom. The maximum Gasteiger partial charge on any atom is 0.162 e. The Balaban J connectivity index is 2.08. The van der Waals surface area contributed by atoms with E-state index < -0.39 is 14.2 Å². The van der Waals surface area contributed by atoms with Gasteiger partial charge in [-0.2, -0.15) is 0 Å². The van der Waals surface area contributed by atoms with E-state index in [2.05, 4.69) is 55.7 Å². The van der Waals surface area contributed by atoms with E-state index >= 15 is 0 Å². The van der Waals surface area contributed by atoms with Gasteiger partial charge in [-0.3, -0.25) is 0 Å². The fourth-order valence-corrected chi connectivity index (χ4v) is 4.96. The van der Waals surface area contributed by atoms with E-state index in [4.69, 9.17) is 0 Å². The standard InChI is InChI=1S/C24H40OSi/c1-4-5-6-7-8-9-10-11-12-13-15-18-23(25)21-22-26(2,3)24-19-16-14-17-20-24/h14,16-17,19-20,23,25H,4-13,15,18H2,1-3H3/t23-/m1/s1. The zero-order valence-electron chi connectivity index (χ0n) is 17.4. The SMILES string of the molecule is CCCCCCCCCCCCC[C@@H](O)C#C[Si](C)(C)c1ccccc1. The average Bonchev–Trinajstić information content (AvgIpc) is 2.65. The topological polar surface area (TPSA) is 20.2 Å². The number of aliphatic hydroxyl groups excluding tert-OH is 1. The summed E-state index contributed by atoms with van der Waals surface area (Å²) in [5.74, 6) is 3.12. The van der Waals surface area contributed by atoms with E-state index in [1.807, 2.05) is 6.07 Å². The Labute approximate surface area is 163 Å². The predicted octanol–water partition coefficient (Wildman–Crippen LogP) is 6.21. The fraction of sp³-hybridized carbons (Fsp3) is 0.667. The normalized spacial score (nSPS) is 12.5. The van der Waals surface area contributed by atoms with Crippen molar-refractivity contribution in [3.63, 3.8) is 0 Å². The van der Waals surface area contributed by atoms with Gasteiger partial charge in [0.1, 0.15) is 6.10 Å². The molecule has 0 amide bonds. The Bertz CT molecular complexity index is 512. The minimum Gasteiger partial charge on any atom is -0.380 e. The molecule has 0 bridgehead atoms. The van der Waals surface area contributed by atoms with E-state index in [1.165, 1.54) is 69.4 Å². The zero-order chi connectivity index (χ0) is 19.1. The summed E-state index contributed by atoms with van der Waals surface area (Å²) >= 11 is 0. The molecule has 1 aromatic carbocycles. The molecule has 1 nitrogen and oxygen atoms in total. The van der Waals surface area contributed by atoms with E-state index in [9.17, 15) is 5.11 Å². The van der Waals surface area contributed by atoms with Crippen LogP contribution in [0.1, 0.15) is 84.0 Å². The molecule has 26 heavy (non-hydrogen) atoms. The first-order valence-corrected chi connectivity index (χ1v) is 13.8. The number of aliphatic hydroxyl groups is 1. The Morgan fingerprint density at radius 2 is 1.31 bits per heavy atom. The summed E-state index contributed by atoms with van der Waals surface area (Å²) in [6, 6.07) is 10.5. The van der Waals surface area contributed by atoms with Gasteiger partial charge in [0.15, 0.2) is 8.07 Å². The first-order valence-electron chi connectivity index (χ1n) is 10.8. The van der Waals surface area contributed by atoms with Crippen molar-refractivity contribution < 1.29 is 5.11 Å². The van der Waals surface area contributed by atoms with E-state index in [0.717, 1.165) is 12.8 Å². The molecule has 1 atom stereocenters. The molecule has 1 aromatic rings. The van der Waals surface area contributed by atoms with Gasteiger partial charge in [-0.15, -0.1) is 5.54 Å². The molecule has 0 spiro atoms. The highest BCUT2D eigenvalue weighted by Crippen LogP contribution is 2.12. The van der Waals surface area contributed by atoms with Crippen LogP contribution in [-0.4, -0.2) is 19.3 Å². The quantitative estimate of drug-likeness (QED) is 0.248. The molecule has 0 saturated heterocycles. The predicted molar refractivity (Wildman–Crippen MR) is 118 cm³/mol. The largest absolute Gasteiger partial charge is 0.380 e. The molecule has 2 heteroatoms. The van der Waals surface area contributed by atoms with Crippen LogP contribution in [0.15, 0.2) is 30.3 Å². The number of hydrogen-bond donors (Lipinski definition) is 1. The summed E-state index contributed by atoms with van der Waals surface area (Å²) in [4.78, 5) is 0. The minimum absolute atomic E-state index is 0.455. The third-order valence-corrected chi connectivity index (χ3v) is 7.67. The minimum atomic E-state index is -1.75. The molecule has 0 fully saturated rings. The van der Waals surface area contributed by atoms with Crippen molar-refractivity contribution in [2.75, 3.05) is 0 Å². The lowest BCUT2D eigenvalue weighted by Crippen LogP contribution is -2.40. The molecule has 0 aliphatic heterocycles. The zero-order valence-corrected chi connectivity index (χ0v) is 18.4. The highest BCUT2D eigenvalue weighted by Gasteiger charge is 2.20. The summed E-state index contributed by atoms with van der Waals surface area (Å²) < 4.78 is 0. The van der Waals surface area contributed by atoms with Gasteiger partial charge in [0.25, 0.3) is 0 Å². The van der Waals surface area contributed by atoms with E-state index in [1.54, 1.807) is 0 Å². The van der Waals surface area contributed by atoms with Gasteiger partial charge in [0.05, 0.1) is 0 Å². The Hall–Kier alpha value is -1.04. The highest BCUT2D eigenvalue weighted by molar-refractivity contribution is 6.96. The molecule has 0 radical (unpaired) electrons. The second-order valence-electron chi connectivity index (χ2n) is 8.10. The van der Waals surface area contributed by atoms with Crippen LogP contribution in [0.5, 0.6) is 0 Å². The maximum atomic E-state index is 10.2. The van der Waals surface area contributed by atoms with Crippen LogP contribution < -0.4 is 5.19 Å². The van der Waals surface area contributed by atoms with Crippen LogP contribution in [-0.2, 0) is 0 Å². The number of unbranched alkanes of at least 4 members (excludes halogenated alkanes) is 10. The van der Waals surface area contributed by atoms with Gasteiger partial charge in [0.2, 0.25) is 0 Å². The molecule has 0 saturated carbocycles. The van der Waals surface area contributed by atoms with E-state index in [0.29, 0.717) is 0 Å². The molecule has 0 heterocycles. The molecule has 0 aliphatic rings. The lowest BCUT2D eigenvalue weighted by molar-refractivity contribution is 0.217. The van der Waals surface area contributed by atoms with Crippen LogP contribution in [0.3, 0.4) is 0 Å². The van der Waals surface area contributed by atoms with Crippen LogP contribution in [0.2, 0.25) is 13.1 Å². The number of benzene rings is 1. The lowest BCUT2D eigenvalue weighted by atomic mass is 10.0. The van der Waals surface area contributed by atoms with Crippen LogP contribution in [0, 0.1) is 11.5 Å². The van der Waals surface area contributed by atoms with Crippen molar-refractivity contribution in [1.82, 2.24) is 0 Å². The molecule has 0 unspecified atom stereocenters. The molecular weight excluding hydrogens is 332 g/mol. The summed E-state index contributed by atoms with van der Waals surface area (Å²) in [6.07, 6.45) is 15.1. The average molecular weight is 373 g/mol. The number of rotatable bonds is 13. The van der Waals surface area contributed by atoms with Gasteiger partial charge in [0, 0.05) is 0 Å². The molecule has 0 aromatic heterocycles. The van der Waals surface area contributed by atoms with Crippen LogP contribution >= 0.6 is 0 Å². The molecular formula is C24H40OSi. The van der Waals surface area contributed by atoms with Crippen molar-refractivity contribution in [2.45, 2.75) is 103 Å². The number of hydrogen-bond acceptors (Lipinski definition) is 1. The first kappa shape index (κ1) is 23.0. The second kappa shape index (κ2) is 14.1. The smallest absolute Gasteiger partial charge is 0.162 e. The van der Waals surface area contributed by atoms with E-state index in [-0.39, 0.29) is 0 Å². The molecule has 1 N–H and O–H groups in total. The van der Waals surface area contributed by atoms with Gasteiger partial charge in [-0.25, -0.2) is 0 Å². The lowest BCUT2D eigenvalue weighted by Gasteiger charge is -2.15. The fourth-order valence-electron chi connectivity index (χ4n) is 3.26. The van der Waals surface area contributed by atoms with Gasteiger partial charge >= 0.3 is 0 Å². The second-order valence-corrected chi connectivity index (χ2v) is 12.2. The van der Waals surface area contributed by atoms with Crippen LogP contribution in [0.25, 0.3) is 0 Å². The van der Waals surface area contributed by atoms with Crippen LogP contribution in [0.4, 0.5) is 0 Å². The third-order valence-electron chi connectivity index (χ3n) is 5.13. The van der Waals surface area contributed by atoms with Crippen molar-refractivity contribution in [2.24, 2.45) is 0 Å². The molecule has 1 rings (SSSR count).